The zero-order valence-corrected chi connectivity index (χ0v) is 15.4. The smallest absolute Gasteiger partial charge is 0.261 e. The van der Waals surface area contributed by atoms with Gasteiger partial charge in [-0.05, 0) is 55.5 Å². The first-order chi connectivity index (χ1) is 13.5. The fourth-order valence-corrected chi connectivity index (χ4v) is 3.82. The summed E-state index contributed by atoms with van der Waals surface area (Å²) in [5, 5.41) is 12.6. The number of fused-ring (bicyclic) bond motifs is 1. The molecule has 1 heterocycles. The molecule has 0 saturated heterocycles. The maximum atomic E-state index is 12.5. The zero-order valence-electron chi connectivity index (χ0n) is 15.4. The van der Waals surface area contributed by atoms with Crippen molar-refractivity contribution in [2.75, 3.05) is 0 Å². The average Bonchev–Trinajstić information content (AvgIpc) is 2.95. The van der Waals surface area contributed by atoms with Crippen LogP contribution < -0.4 is 5.32 Å². The van der Waals surface area contributed by atoms with Crippen LogP contribution in [0.3, 0.4) is 0 Å². The van der Waals surface area contributed by atoms with Crippen LogP contribution in [0.15, 0.2) is 48.5 Å². The maximum Gasteiger partial charge on any atom is 0.261 e. The van der Waals surface area contributed by atoms with Gasteiger partial charge in [-0.2, -0.15) is 0 Å². The molecule has 1 aliphatic heterocycles. The van der Waals surface area contributed by atoms with E-state index in [1.807, 2.05) is 0 Å². The van der Waals surface area contributed by atoms with Gasteiger partial charge < -0.3 is 10.4 Å². The van der Waals surface area contributed by atoms with Gasteiger partial charge in [0.25, 0.3) is 17.7 Å². The van der Waals surface area contributed by atoms with Crippen molar-refractivity contribution in [3.05, 3.63) is 70.8 Å². The molecule has 0 unspecified atom stereocenters. The van der Waals surface area contributed by atoms with Crippen molar-refractivity contribution >= 4 is 17.7 Å². The Kier molecular flexibility index (Phi) is 4.96. The number of aliphatic hydroxyl groups is 1. The largest absolute Gasteiger partial charge is 0.393 e. The summed E-state index contributed by atoms with van der Waals surface area (Å²) in [4.78, 5) is 38.5. The minimum atomic E-state index is -0.290. The van der Waals surface area contributed by atoms with E-state index in [1.165, 1.54) is 4.90 Å². The van der Waals surface area contributed by atoms with Crippen molar-refractivity contribution in [1.82, 2.24) is 10.2 Å². The van der Waals surface area contributed by atoms with E-state index >= 15 is 0 Å². The van der Waals surface area contributed by atoms with Gasteiger partial charge in [0.05, 0.1) is 23.8 Å². The minimum absolute atomic E-state index is 0.0916. The Hall–Kier alpha value is -2.99. The summed E-state index contributed by atoms with van der Waals surface area (Å²) in [6.07, 6.45) is 2.73. The van der Waals surface area contributed by atoms with Crippen LogP contribution >= 0.6 is 0 Å². The molecule has 144 valence electrons. The molecule has 1 saturated carbocycles. The van der Waals surface area contributed by atoms with Crippen LogP contribution in [0.5, 0.6) is 0 Å². The summed E-state index contributed by atoms with van der Waals surface area (Å²) >= 11 is 0. The average molecular weight is 378 g/mol. The number of amides is 3. The van der Waals surface area contributed by atoms with E-state index in [1.54, 1.807) is 48.5 Å². The molecular formula is C22H22N2O4. The highest BCUT2D eigenvalue weighted by atomic mass is 16.3. The molecule has 3 amide bonds. The molecule has 0 aromatic heterocycles. The summed E-state index contributed by atoms with van der Waals surface area (Å²) < 4.78 is 0. The van der Waals surface area contributed by atoms with Crippen molar-refractivity contribution in [2.45, 2.75) is 44.4 Å². The Morgan fingerprint density at radius 1 is 0.929 bits per heavy atom. The fourth-order valence-electron chi connectivity index (χ4n) is 3.82. The highest BCUT2D eigenvalue weighted by molar-refractivity contribution is 6.21. The summed E-state index contributed by atoms with van der Waals surface area (Å²) in [7, 11) is 0. The number of hydrogen-bond acceptors (Lipinski definition) is 4. The van der Waals surface area contributed by atoms with E-state index in [0.717, 1.165) is 18.4 Å². The molecule has 2 aromatic rings. The van der Waals surface area contributed by atoms with Crippen LogP contribution in [-0.2, 0) is 6.54 Å². The number of rotatable bonds is 4. The first-order valence-electron chi connectivity index (χ1n) is 9.56. The van der Waals surface area contributed by atoms with Gasteiger partial charge in [0.1, 0.15) is 0 Å². The molecule has 1 fully saturated rings. The van der Waals surface area contributed by atoms with Gasteiger partial charge >= 0.3 is 0 Å². The predicted molar refractivity (Wildman–Crippen MR) is 103 cm³/mol. The summed E-state index contributed by atoms with van der Waals surface area (Å²) in [5.41, 5.74) is 2.19. The summed E-state index contributed by atoms with van der Waals surface area (Å²) in [6, 6.07) is 13.9. The Morgan fingerprint density at radius 3 is 2.07 bits per heavy atom. The fraction of sp³-hybridized carbons (Fsp3) is 0.318. The molecule has 2 aliphatic rings. The van der Waals surface area contributed by atoms with E-state index in [0.29, 0.717) is 29.5 Å². The van der Waals surface area contributed by atoms with Gasteiger partial charge in [-0.1, -0.05) is 24.3 Å². The van der Waals surface area contributed by atoms with Crippen LogP contribution in [0.25, 0.3) is 0 Å². The number of aliphatic hydroxyl groups excluding tert-OH is 1. The number of carbonyl (C=O) groups excluding carboxylic acids is 3. The molecular weight excluding hydrogens is 356 g/mol. The molecule has 6 nitrogen and oxygen atoms in total. The standard InChI is InChI=1S/C22H22N2O4/c25-17-11-9-16(10-12-17)23-20(26)15-7-5-14(6-8-15)13-24-21(27)18-3-1-2-4-19(18)22(24)28/h1-8,16-17,25H,9-13H2,(H,23,26). The number of hydrogen-bond donors (Lipinski definition) is 2. The van der Waals surface area contributed by atoms with E-state index in [-0.39, 0.29) is 36.4 Å². The molecule has 1 aliphatic carbocycles. The summed E-state index contributed by atoms with van der Waals surface area (Å²) in [5.74, 6) is -0.725. The number of nitrogens with one attached hydrogen (secondary N) is 1. The first kappa shape index (κ1) is 18.4. The Bertz CT molecular complexity index is 879. The predicted octanol–water partition coefficient (Wildman–Crippen LogP) is 2.52. The Labute approximate surface area is 163 Å². The van der Waals surface area contributed by atoms with Crippen LogP contribution in [0, 0.1) is 0 Å². The number of imide groups is 1. The third-order valence-corrected chi connectivity index (χ3v) is 5.47. The van der Waals surface area contributed by atoms with Crippen molar-refractivity contribution in [1.29, 1.82) is 0 Å². The van der Waals surface area contributed by atoms with E-state index < -0.39 is 0 Å². The zero-order chi connectivity index (χ0) is 19.7. The number of nitrogens with zero attached hydrogens (tertiary/aromatic N) is 1. The second-order valence-electron chi connectivity index (χ2n) is 7.42. The number of benzene rings is 2. The first-order valence-corrected chi connectivity index (χ1v) is 9.56. The van der Waals surface area contributed by atoms with Crippen molar-refractivity contribution in [3.8, 4) is 0 Å². The second-order valence-corrected chi connectivity index (χ2v) is 7.42. The molecule has 2 N–H and O–H groups in total. The highest BCUT2D eigenvalue weighted by Gasteiger charge is 2.34. The van der Waals surface area contributed by atoms with Crippen LogP contribution in [-0.4, -0.2) is 39.9 Å². The molecule has 6 heteroatoms. The lowest BCUT2D eigenvalue weighted by Crippen LogP contribution is -2.38. The van der Waals surface area contributed by atoms with Gasteiger partial charge in [-0.3, -0.25) is 19.3 Å². The third kappa shape index (κ3) is 3.55. The van der Waals surface area contributed by atoms with Gasteiger partial charge in [-0.15, -0.1) is 0 Å². The molecule has 4 rings (SSSR count). The topological polar surface area (TPSA) is 86.7 Å². The Balaban J connectivity index is 1.39. The van der Waals surface area contributed by atoms with Crippen molar-refractivity contribution in [2.24, 2.45) is 0 Å². The SMILES string of the molecule is O=C(NC1CCC(O)CC1)c1ccc(CN2C(=O)c3ccccc3C2=O)cc1. The van der Waals surface area contributed by atoms with Crippen molar-refractivity contribution < 1.29 is 19.5 Å². The van der Waals surface area contributed by atoms with Crippen LogP contribution in [0.4, 0.5) is 0 Å². The van der Waals surface area contributed by atoms with Crippen LogP contribution in [0.1, 0.15) is 62.3 Å². The molecule has 0 bridgehead atoms. The molecule has 0 spiro atoms. The monoisotopic (exact) mass is 378 g/mol. The normalized spacial score (nSPS) is 21.5. The maximum absolute atomic E-state index is 12.5. The number of carbonyl (C=O) groups is 3. The molecule has 0 atom stereocenters. The van der Waals surface area contributed by atoms with Gasteiger partial charge in [0.2, 0.25) is 0 Å². The lowest BCUT2D eigenvalue weighted by atomic mass is 9.93. The molecule has 2 aromatic carbocycles. The van der Waals surface area contributed by atoms with E-state index in [9.17, 15) is 19.5 Å². The lowest BCUT2D eigenvalue weighted by Gasteiger charge is -2.26. The van der Waals surface area contributed by atoms with Crippen molar-refractivity contribution in [3.63, 3.8) is 0 Å². The van der Waals surface area contributed by atoms with Crippen LogP contribution in [0.2, 0.25) is 0 Å². The van der Waals surface area contributed by atoms with Gasteiger partial charge in [0.15, 0.2) is 0 Å². The third-order valence-electron chi connectivity index (χ3n) is 5.47. The molecule has 0 radical (unpaired) electrons. The summed E-state index contributed by atoms with van der Waals surface area (Å²) in [6.45, 7) is 0.175. The Morgan fingerprint density at radius 2 is 1.50 bits per heavy atom. The quantitative estimate of drug-likeness (QED) is 0.801. The van der Waals surface area contributed by atoms with E-state index in [2.05, 4.69) is 5.32 Å². The van der Waals surface area contributed by atoms with Gasteiger partial charge in [-0.25, -0.2) is 0 Å². The second kappa shape index (κ2) is 7.56. The minimum Gasteiger partial charge on any atom is -0.393 e. The van der Waals surface area contributed by atoms with Gasteiger partial charge in [0, 0.05) is 11.6 Å². The van der Waals surface area contributed by atoms with E-state index in [4.69, 9.17) is 0 Å². The molecule has 28 heavy (non-hydrogen) atoms. The highest BCUT2D eigenvalue weighted by Crippen LogP contribution is 2.24. The lowest BCUT2D eigenvalue weighted by molar-refractivity contribution is 0.0641.